The number of hydrogen-bond donors (Lipinski definition) is 0. The van der Waals surface area contributed by atoms with Gasteiger partial charge in [-0.1, -0.05) is 0 Å². The van der Waals surface area contributed by atoms with E-state index in [9.17, 15) is 0 Å². The molecule has 0 atom stereocenters. The molecule has 0 bridgehead atoms. The van der Waals surface area contributed by atoms with Gasteiger partial charge in [0.25, 0.3) is 0 Å². The summed E-state index contributed by atoms with van der Waals surface area (Å²) < 4.78 is 0. The Labute approximate surface area is 65.1 Å². The molecule has 55 valence electrons. The van der Waals surface area contributed by atoms with Crippen molar-refractivity contribution in [2.75, 3.05) is 13.7 Å². The molecule has 10 heavy (non-hydrogen) atoms. The van der Waals surface area contributed by atoms with E-state index < -0.39 is 0 Å². The van der Waals surface area contributed by atoms with Gasteiger partial charge in [-0.15, -0.1) is 0 Å². The smallest absolute Gasteiger partial charge is 0.0893 e. The van der Waals surface area contributed by atoms with Crippen LogP contribution in [0, 0.1) is 0 Å². The molecule has 1 aliphatic heterocycles. The molecule has 3 radical (unpaired) electrons. The van der Waals surface area contributed by atoms with Crippen LogP contribution >= 0.6 is 0 Å². The first-order valence-corrected chi connectivity index (χ1v) is 3.34. The summed E-state index contributed by atoms with van der Waals surface area (Å²) in [6, 6.07) is 0.631. The predicted molar refractivity (Wildman–Crippen MR) is 44.5 cm³/mol. The van der Waals surface area contributed by atoms with Gasteiger partial charge in [0.15, 0.2) is 0 Å². The summed E-state index contributed by atoms with van der Waals surface area (Å²) in [6.45, 7) is 5.44. The Bertz CT molecular complexity index is 123. The Morgan fingerprint density at radius 3 is 2.10 bits per heavy atom. The fraction of sp³-hybridized carbons (Fsp3) is 0.714. The van der Waals surface area contributed by atoms with Crippen LogP contribution in [0.15, 0.2) is 12.4 Å². The van der Waals surface area contributed by atoms with Gasteiger partial charge in [0.05, 0.1) is 6.67 Å². The molecule has 0 saturated heterocycles. The van der Waals surface area contributed by atoms with E-state index in [-0.39, 0.29) is 8.41 Å². The molecule has 0 aliphatic carbocycles. The summed E-state index contributed by atoms with van der Waals surface area (Å²) >= 11 is 0. The molecule has 1 heterocycles. The van der Waals surface area contributed by atoms with Gasteiger partial charge in [-0.3, -0.25) is 0 Å². The zero-order valence-electron chi connectivity index (χ0n) is 6.91. The Morgan fingerprint density at radius 1 is 1.30 bits per heavy atom. The van der Waals surface area contributed by atoms with E-state index in [1.807, 2.05) is 0 Å². The topological polar surface area (TPSA) is 6.48 Å². The number of nitrogens with zero attached hydrogens (tertiary/aromatic N) is 2. The Kier molecular flexibility index (Phi) is 3.33. The summed E-state index contributed by atoms with van der Waals surface area (Å²) in [5.74, 6) is 0. The maximum absolute atomic E-state index is 2.29. The Hall–Kier alpha value is -0.595. The van der Waals surface area contributed by atoms with Crippen LogP contribution in [0.2, 0.25) is 0 Å². The van der Waals surface area contributed by atoms with Crippen LogP contribution in [0.5, 0.6) is 0 Å². The van der Waals surface area contributed by atoms with Crippen molar-refractivity contribution in [2.24, 2.45) is 0 Å². The molecule has 0 aromatic rings. The van der Waals surface area contributed by atoms with E-state index >= 15 is 0 Å². The normalized spacial score (nSPS) is 16.4. The van der Waals surface area contributed by atoms with E-state index in [0.29, 0.717) is 6.04 Å². The second-order valence-corrected chi connectivity index (χ2v) is 2.80. The van der Waals surface area contributed by atoms with Gasteiger partial charge < -0.3 is 9.80 Å². The van der Waals surface area contributed by atoms with E-state index in [1.165, 1.54) is 0 Å². The van der Waals surface area contributed by atoms with Crippen LogP contribution in [0.25, 0.3) is 0 Å². The van der Waals surface area contributed by atoms with E-state index in [0.717, 1.165) is 6.67 Å². The quantitative estimate of drug-likeness (QED) is 0.490. The molecular formula is C7H14BN2. The van der Waals surface area contributed by atoms with Crippen molar-refractivity contribution in [3.05, 3.63) is 12.4 Å². The van der Waals surface area contributed by atoms with E-state index in [4.69, 9.17) is 0 Å². The molecule has 0 saturated carbocycles. The molecule has 2 nitrogen and oxygen atoms in total. The first-order chi connectivity index (χ1) is 4.20. The molecule has 0 fully saturated rings. The van der Waals surface area contributed by atoms with Crippen LogP contribution in [0.3, 0.4) is 0 Å². The van der Waals surface area contributed by atoms with Gasteiger partial charge in [0.2, 0.25) is 0 Å². The predicted octanol–water partition coefficient (Wildman–Crippen LogP) is 0.690. The summed E-state index contributed by atoms with van der Waals surface area (Å²) in [6.07, 6.45) is 4.23. The maximum atomic E-state index is 2.29. The maximum Gasteiger partial charge on any atom is 0.0893 e. The van der Waals surface area contributed by atoms with Crippen molar-refractivity contribution in [1.29, 1.82) is 0 Å². The molecule has 0 unspecified atom stereocenters. The molecule has 1 aliphatic rings. The van der Waals surface area contributed by atoms with Crippen LogP contribution in [0.4, 0.5) is 0 Å². The SMILES string of the molecule is CC(C)N1C=CN(C)C1.[B]. The molecule has 0 aromatic heterocycles. The van der Waals surface area contributed by atoms with Gasteiger partial charge in [-0.25, -0.2) is 0 Å². The highest BCUT2D eigenvalue weighted by Crippen LogP contribution is 2.06. The standard InChI is InChI=1S/C7H14N2.B/c1-7(2)9-5-4-8(3)6-9;/h4-5,7H,6H2,1-3H3;. The minimum absolute atomic E-state index is 0. The first-order valence-electron chi connectivity index (χ1n) is 3.34. The van der Waals surface area contributed by atoms with Crippen LogP contribution in [-0.2, 0) is 0 Å². The number of rotatable bonds is 1. The lowest BCUT2D eigenvalue weighted by Gasteiger charge is -2.21. The average Bonchev–Trinajstić information content (AvgIpc) is 2.14. The highest BCUT2D eigenvalue weighted by atomic mass is 15.3. The zero-order valence-corrected chi connectivity index (χ0v) is 6.91. The van der Waals surface area contributed by atoms with Gasteiger partial charge in [-0.2, -0.15) is 0 Å². The van der Waals surface area contributed by atoms with Gasteiger partial charge in [0.1, 0.15) is 0 Å². The van der Waals surface area contributed by atoms with Crippen LogP contribution in [0.1, 0.15) is 13.8 Å². The van der Waals surface area contributed by atoms with Gasteiger partial charge in [-0.05, 0) is 13.8 Å². The van der Waals surface area contributed by atoms with Crippen molar-refractivity contribution in [2.45, 2.75) is 19.9 Å². The second kappa shape index (κ2) is 3.54. The lowest BCUT2D eigenvalue weighted by molar-refractivity contribution is 0.254. The van der Waals surface area contributed by atoms with Crippen LogP contribution < -0.4 is 0 Å². The van der Waals surface area contributed by atoms with E-state index in [1.54, 1.807) is 0 Å². The molecule has 1 rings (SSSR count). The van der Waals surface area contributed by atoms with Crippen LogP contribution in [-0.4, -0.2) is 38.0 Å². The lowest BCUT2D eigenvalue weighted by Crippen LogP contribution is -2.28. The Balaban J connectivity index is 0.000000810. The molecule has 3 heteroatoms. The highest BCUT2D eigenvalue weighted by molar-refractivity contribution is 5.75. The molecule has 0 spiro atoms. The second-order valence-electron chi connectivity index (χ2n) is 2.80. The zero-order chi connectivity index (χ0) is 6.85. The average molecular weight is 137 g/mol. The first kappa shape index (κ1) is 9.40. The number of hydrogen-bond acceptors (Lipinski definition) is 2. The van der Waals surface area contributed by atoms with Crippen molar-refractivity contribution < 1.29 is 0 Å². The third kappa shape index (κ3) is 1.97. The highest BCUT2D eigenvalue weighted by Gasteiger charge is 2.09. The summed E-state index contributed by atoms with van der Waals surface area (Å²) in [4.78, 5) is 4.46. The van der Waals surface area contributed by atoms with Gasteiger partial charge >= 0.3 is 0 Å². The molecule has 0 amide bonds. The summed E-state index contributed by atoms with van der Waals surface area (Å²) in [5, 5.41) is 0. The Morgan fingerprint density at radius 2 is 1.90 bits per heavy atom. The van der Waals surface area contributed by atoms with Crippen molar-refractivity contribution in [3.8, 4) is 0 Å². The fourth-order valence-electron chi connectivity index (χ4n) is 0.887. The van der Waals surface area contributed by atoms with Crippen molar-refractivity contribution in [1.82, 2.24) is 9.80 Å². The molecule has 0 aromatic carbocycles. The van der Waals surface area contributed by atoms with E-state index in [2.05, 4.69) is 43.1 Å². The molecule has 0 N–H and O–H groups in total. The third-order valence-electron chi connectivity index (χ3n) is 1.56. The van der Waals surface area contributed by atoms with Gasteiger partial charge in [0, 0.05) is 33.9 Å². The summed E-state index contributed by atoms with van der Waals surface area (Å²) in [5.41, 5.74) is 0. The minimum atomic E-state index is 0. The van der Waals surface area contributed by atoms with Crippen molar-refractivity contribution >= 4 is 8.41 Å². The summed E-state index contributed by atoms with van der Waals surface area (Å²) in [7, 11) is 2.08. The lowest BCUT2D eigenvalue weighted by atomic mass is 10.4. The molecular weight excluding hydrogens is 123 g/mol. The third-order valence-corrected chi connectivity index (χ3v) is 1.56. The largest absolute Gasteiger partial charge is 0.362 e. The monoisotopic (exact) mass is 137 g/mol. The van der Waals surface area contributed by atoms with Crippen molar-refractivity contribution in [3.63, 3.8) is 0 Å². The minimum Gasteiger partial charge on any atom is -0.362 e. The fourth-order valence-corrected chi connectivity index (χ4v) is 0.887.